The van der Waals surface area contributed by atoms with E-state index < -0.39 is 0 Å². The number of nitrogens with one attached hydrogen (secondary N) is 1. The fraction of sp³-hybridized carbons (Fsp3) is 0.500. The molecule has 0 radical (unpaired) electrons. The van der Waals surface area contributed by atoms with Gasteiger partial charge in [0.2, 0.25) is 11.8 Å². The molecule has 2 atom stereocenters. The number of furan rings is 1. The average Bonchev–Trinajstić information content (AvgIpc) is 3.10. The van der Waals surface area contributed by atoms with Crippen molar-refractivity contribution in [2.24, 2.45) is 5.73 Å². The Kier molecular flexibility index (Phi) is 5.93. The van der Waals surface area contributed by atoms with Crippen LogP contribution in [0.2, 0.25) is 0 Å². The summed E-state index contributed by atoms with van der Waals surface area (Å²) in [5.74, 6) is 0.341. The first kappa shape index (κ1) is 18.5. The van der Waals surface area contributed by atoms with Crippen LogP contribution >= 0.6 is 0 Å². The predicted molar refractivity (Wildman–Crippen MR) is 101 cm³/mol. The van der Waals surface area contributed by atoms with Crippen LogP contribution in [0.15, 0.2) is 34.7 Å². The third-order valence-corrected chi connectivity index (χ3v) is 5.06. The summed E-state index contributed by atoms with van der Waals surface area (Å²) < 4.78 is 5.88. The number of hydrogen-bond donors (Lipinski definition) is 2. The first-order valence-corrected chi connectivity index (χ1v) is 9.36. The number of nitrogens with two attached hydrogens (primary N) is 1. The molecule has 0 saturated carbocycles. The van der Waals surface area contributed by atoms with Crippen molar-refractivity contribution in [3.8, 4) is 0 Å². The molecule has 0 aliphatic carbocycles. The molecular weight excluding hydrogens is 330 g/mol. The second kappa shape index (κ2) is 8.36. The molecule has 2 amide bonds. The van der Waals surface area contributed by atoms with E-state index in [2.05, 4.69) is 5.32 Å². The van der Waals surface area contributed by atoms with Gasteiger partial charge in [-0.1, -0.05) is 18.2 Å². The van der Waals surface area contributed by atoms with Gasteiger partial charge in [0.15, 0.2) is 0 Å². The van der Waals surface area contributed by atoms with E-state index in [-0.39, 0.29) is 23.8 Å². The minimum absolute atomic E-state index is 0.0322. The molecule has 3 N–H and O–H groups in total. The van der Waals surface area contributed by atoms with Crippen molar-refractivity contribution in [1.29, 1.82) is 0 Å². The van der Waals surface area contributed by atoms with E-state index in [1.54, 1.807) is 0 Å². The summed E-state index contributed by atoms with van der Waals surface area (Å²) in [5.41, 5.74) is 6.21. The maximum absolute atomic E-state index is 13.1. The Morgan fingerprint density at radius 3 is 2.92 bits per heavy atom. The molecule has 2 heterocycles. The Morgan fingerprint density at radius 1 is 1.35 bits per heavy atom. The van der Waals surface area contributed by atoms with Gasteiger partial charge in [0.25, 0.3) is 0 Å². The standard InChI is InChI=1S/C20H27N3O3/c1-14(18-12-15-6-2-3-8-17(15)26-18)20(25)23-11-5-4-7-16(23)13-22-19(24)9-10-21/h2-3,6,8,12,14,16H,4-5,7,9-11,13,21H2,1H3,(H,22,24). The normalized spacial score (nSPS) is 18.7. The first-order valence-electron chi connectivity index (χ1n) is 9.36. The van der Waals surface area contributed by atoms with Gasteiger partial charge >= 0.3 is 0 Å². The number of amides is 2. The molecule has 1 aliphatic heterocycles. The van der Waals surface area contributed by atoms with E-state index in [1.807, 2.05) is 42.2 Å². The number of benzene rings is 1. The zero-order valence-electron chi connectivity index (χ0n) is 15.2. The lowest BCUT2D eigenvalue weighted by molar-refractivity contribution is -0.137. The monoisotopic (exact) mass is 357 g/mol. The fourth-order valence-electron chi connectivity index (χ4n) is 3.54. The molecule has 3 rings (SSSR count). The highest BCUT2D eigenvalue weighted by Crippen LogP contribution is 2.28. The van der Waals surface area contributed by atoms with Gasteiger partial charge in [-0.05, 0) is 38.3 Å². The van der Waals surface area contributed by atoms with Crippen molar-refractivity contribution in [3.63, 3.8) is 0 Å². The van der Waals surface area contributed by atoms with E-state index in [0.717, 1.165) is 36.8 Å². The quantitative estimate of drug-likeness (QED) is 0.831. The third kappa shape index (κ3) is 4.07. The molecule has 1 fully saturated rings. The van der Waals surface area contributed by atoms with Crippen LogP contribution in [-0.4, -0.2) is 42.4 Å². The van der Waals surface area contributed by atoms with Crippen molar-refractivity contribution in [3.05, 3.63) is 36.1 Å². The minimum atomic E-state index is -0.345. The number of para-hydroxylation sites is 1. The Labute approximate surface area is 153 Å². The van der Waals surface area contributed by atoms with Crippen molar-refractivity contribution >= 4 is 22.8 Å². The summed E-state index contributed by atoms with van der Waals surface area (Å²) >= 11 is 0. The predicted octanol–water partition coefficient (Wildman–Crippen LogP) is 2.38. The second-order valence-corrected chi connectivity index (χ2v) is 6.93. The number of rotatable bonds is 6. The Morgan fingerprint density at radius 2 is 2.15 bits per heavy atom. The lowest BCUT2D eigenvalue weighted by atomic mass is 9.98. The molecule has 1 aromatic heterocycles. The number of hydrogen-bond acceptors (Lipinski definition) is 4. The fourth-order valence-corrected chi connectivity index (χ4v) is 3.54. The van der Waals surface area contributed by atoms with E-state index >= 15 is 0 Å². The molecule has 1 aliphatic rings. The van der Waals surface area contributed by atoms with Gasteiger partial charge in [-0.15, -0.1) is 0 Å². The summed E-state index contributed by atoms with van der Waals surface area (Å²) in [4.78, 5) is 26.7. The molecule has 0 spiro atoms. The van der Waals surface area contributed by atoms with Gasteiger partial charge in [-0.25, -0.2) is 0 Å². The van der Waals surface area contributed by atoms with E-state index in [9.17, 15) is 9.59 Å². The molecule has 1 aromatic carbocycles. The Bertz CT molecular complexity index is 738. The van der Waals surface area contributed by atoms with Crippen LogP contribution in [0.1, 0.15) is 44.3 Å². The lowest BCUT2D eigenvalue weighted by Gasteiger charge is -2.37. The maximum atomic E-state index is 13.1. The highest BCUT2D eigenvalue weighted by molar-refractivity contribution is 5.86. The van der Waals surface area contributed by atoms with Gasteiger partial charge in [0.1, 0.15) is 11.3 Å². The van der Waals surface area contributed by atoms with Gasteiger partial charge in [-0.2, -0.15) is 0 Å². The number of carbonyl (C=O) groups is 2. The molecule has 0 bridgehead atoms. The summed E-state index contributed by atoms with van der Waals surface area (Å²) in [6.45, 7) is 3.43. The van der Waals surface area contributed by atoms with Crippen LogP contribution in [0.3, 0.4) is 0 Å². The molecule has 2 aromatic rings. The Balaban J connectivity index is 1.69. The van der Waals surface area contributed by atoms with E-state index in [1.165, 1.54) is 0 Å². The van der Waals surface area contributed by atoms with Crippen LogP contribution in [0.5, 0.6) is 0 Å². The van der Waals surface area contributed by atoms with Gasteiger partial charge in [0.05, 0.1) is 5.92 Å². The SMILES string of the molecule is CC(C(=O)N1CCCCC1CNC(=O)CCN)c1cc2ccccc2o1. The zero-order chi connectivity index (χ0) is 18.5. The number of carbonyl (C=O) groups excluding carboxylic acids is 2. The molecule has 1 saturated heterocycles. The summed E-state index contributed by atoms with van der Waals surface area (Å²) in [6.07, 6.45) is 3.28. The van der Waals surface area contributed by atoms with E-state index in [4.69, 9.17) is 10.2 Å². The molecular formula is C20H27N3O3. The van der Waals surface area contributed by atoms with Crippen LogP contribution in [-0.2, 0) is 9.59 Å². The van der Waals surface area contributed by atoms with Gasteiger partial charge < -0.3 is 20.4 Å². The Hall–Kier alpha value is -2.34. The number of likely N-dealkylation sites (tertiary alicyclic amines) is 1. The molecule has 26 heavy (non-hydrogen) atoms. The maximum Gasteiger partial charge on any atom is 0.233 e. The summed E-state index contributed by atoms with van der Waals surface area (Å²) in [7, 11) is 0. The number of nitrogens with zero attached hydrogens (tertiary/aromatic N) is 1. The van der Waals surface area contributed by atoms with Gasteiger partial charge in [-0.3, -0.25) is 9.59 Å². The topological polar surface area (TPSA) is 88.6 Å². The average molecular weight is 357 g/mol. The smallest absolute Gasteiger partial charge is 0.233 e. The molecule has 140 valence electrons. The van der Waals surface area contributed by atoms with E-state index in [0.29, 0.717) is 25.3 Å². The molecule has 2 unspecified atom stereocenters. The highest BCUT2D eigenvalue weighted by Gasteiger charge is 2.31. The lowest BCUT2D eigenvalue weighted by Crippen LogP contribution is -2.50. The van der Waals surface area contributed by atoms with Crippen molar-refractivity contribution in [2.45, 2.75) is 44.6 Å². The van der Waals surface area contributed by atoms with Crippen LogP contribution in [0, 0.1) is 0 Å². The summed E-state index contributed by atoms with van der Waals surface area (Å²) in [6, 6.07) is 9.75. The minimum Gasteiger partial charge on any atom is -0.460 e. The van der Waals surface area contributed by atoms with Crippen molar-refractivity contribution in [1.82, 2.24) is 10.2 Å². The van der Waals surface area contributed by atoms with Crippen LogP contribution in [0.4, 0.5) is 0 Å². The first-order chi connectivity index (χ1) is 12.6. The van der Waals surface area contributed by atoms with Crippen molar-refractivity contribution in [2.75, 3.05) is 19.6 Å². The molecule has 6 heteroatoms. The largest absolute Gasteiger partial charge is 0.460 e. The van der Waals surface area contributed by atoms with Gasteiger partial charge in [0, 0.05) is 37.5 Å². The van der Waals surface area contributed by atoms with Crippen LogP contribution < -0.4 is 11.1 Å². The molecule has 6 nitrogen and oxygen atoms in total. The number of piperidine rings is 1. The second-order valence-electron chi connectivity index (χ2n) is 6.93. The third-order valence-electron chi connectivity index (χ3n) is 5.06. The number of fused-ring (bicyclic) bond motifs is 1. The zero-order valence-corrected chi connectivity index (χ0v) is 15.2. The summed E-state index contributed by atoms with van der Waals surface area (Å²) in [5, 5.41) is 3.91. The van der Waals surface area contributed by atoms with Crippen LogP contribution in [0.25, 0.3) is 11.0 Å². The van der Waals surface area contributed by atoms with Crippen molar-refractivity contribution < 1.29 is 14.0 Å². The highest BCUT2D eigenvalue weighted by atomic mass is 16.3.